The first-order chi connectivity index (χ1) is 11.1. The van der Waals surface area contributed by atoms with Crippen LogP contribution in [0.3, 0.4) is 0 Å². The molecule has 2 aromatic carbocycles. The minimum absolute atomic E-state index is 0.0972. The van der Waals surface area contributed by atoms with Gasteiger partial charge in [-0.3, -0.25) is 4.79 Å². The third kappa shape index (κ3) is 3.08. The number of rotatable bonds is 3. The van der Waals surface area contributed by atoms with E-state index in [1.807, 2.05) is 60.4 Å². The lowest BCUT2D eigenvalue weighted by Crippen LogP contribution is -2.40. The van der Waals surface area contributed by atoms with Crippen LogP contribution in [0.4, 0.5) is 5.69 Å². The van der Waals surface area contributed by atoms with Crippen LogP contribution in [0.2, 0.25) is 5.02 Å². The van der Waals surface area contributed by atoms with E-state index in [1.165, 1.54) is 7.11 Å². The van der Waals surface area contributed by atoms with E-state index < -0.39 is 0 Å². The maximum absolute atomic E-state index is 11.8. The molecule has 0 spiro atoms. The van der Waals surface area contributed by atoms with Crippen molar-refractivity contribution in [3.05, 3.63) is 64.7 Å². The van der Waals surface area contributed by atoms with Gasteiger partial charge in [0.2, 0.25) is 0 Å². The molecule has 4 nitrogen and oxygen atoms in total. The van der Waals surface area contributed by atoms with Crippen molar-refractivity contribution < 1.29 is 9.53 Å². The number of aliphatic imine (C=N–C) groups is 1. The first-order valence-electron chi connectivity index (χ1n) is 7.33. The molecular formula is C18H17ClN2O2. The lowest BCUT2D eigenvalue weighted by Gasteiger charge is -2.36. The van der Waals surface area contributed by atoms with Crippen molar-refractivity contribution in [1.29, 1.82) is 0 Å². The summed E-state index contributed by atoms with van der Waals surface area (Å²) in [6, 6.07) is 15.5. The van der Waals surface area contributed by atoms with Gasteiger partial charge in [0.1, 0.15) is 12.4 Å². The van der Waals surface area contributed by atoms with E-state index >= 15 is 0 Å². The number of carbonyl (C=O) groups excluding carboxylic acids is 1. The van der Waals surface area contributed by atoms with Gasteiger partial charge < -0.3 is 9.64 Å². The maximum atomic E-state index is 11.8. The Balaban J connectivity index is 2.10. The molecule has 0 fully saturated rings. The normalized spacial score (nSPS) is 16.6. The highest BCUT2D eigenvalue weighted by atomic mass is 35.5. The number of nitrogens with zero attached hydrogens (tertiary/aromatic N) is 2. The van der Waals surface area contributed by atoms with E-state index in [0.29, 0.717) is 5.02 Å². The number of ether oxygens (including phenoxy) is 1. The molecule has 23 heavy (non-hydrogen) atoms. The van der Waals surface area contributed by atoms with Crippen molar-refractivity contribution in [3.8, 4) is 0 Å². The van der Waals surface area contributed by atoms with Crippen molar-refractivity contribution in [2.45, 2.75) is 13.0 Å². The van der Waals surface area contributed by atoms with Gasteiger partial charge in [0, 0.05) is 10.6 Å². The molecule has 1 atom stereocenters. The van der Waals surface area contributed by atoms with Crippen LogP contribution in [0.1, 0.15) is 24.1 Å². The molecule has 0 N–H and O–H groups in total. The maximum Gasteiger partial charge on any atom is 0.325 e. The van der Waals surface area contributed by atoms with E-state index in [4.69, 9.17) is 16.3 Å². The summed E-state index contributed by atoms with van der Waals surface area (Å²) < 4.78 is 4.84. The third-order valence-corrected chi connectivity index (χ3v) is 4.21. The van der Waals surface area contributed by atoms with Crippen molar-refractivity contribution in [1.82, 2.24) is 4.90 Å². The van der Waals surface area contributed by atoms with Gasteiger partial charge >= 0.3 is 5.97 Å². The highest BCUT2D eigenvalue weighted by Crippen LogP contribution is 2.39. The van der Waals surface area contributed by atoms with Gasteiger partial charge in [-0.15, -0.1) is 0 Å². The molecule has 1 aliphatic heterocycles. The number of fused-ring (bicyclic) bond motifs is 1. The predicted molar refractivity (Wildman–Crippen MR) is 91.2 cm³/mol. The number of esters is 1. The van der Waals surface area contributed by atoms with Gasteiger partial charge in [-0.25, -0.2) is 4.99 Å². The molecule has 2 aromatic rings. The van der Waals surface area contributed by atoms with E-state index in [0.717, 1.165) is 22.6 Å². The zero-order chi connectivity index (χ0) is 16.4. The smallest absolute Gasteiger partial charge is 0.325 e. The Hall–Kier alpha value is -2.33. The summed E-state index contributed by atoms with van der Waals surface area (Å²) in [4.78, 5) is 18.4. The van der Waals surface area contributed by atoms with Crippen molar-refractivity contribution in [3.63, 3.8) is 0 Å². The summed E-state index contributed by atoms with van der Waals surface area (Å²) >= 11 is 6.01. The van der Waals surface area contributed by atoms with Gasteiger partial charge in [-0.1, -0.05) is 41.9 Å². The minimum atomic E-state index is -0.294. The van der Waals surface area contributed by atoms with Crippen LogP contribution in [0.15, 0.2) is 53.5 Å². The number of amidine groups is 1. The zero-order valence-electron chi connectivity index (χ0n) is 13.0. The fourth-order valence-corrected chi connectivity index (χ4v) is 2.95. The predicted octanol–water partition coefficient (Wildman–Crippen LogP) is 3.97. The molecular weight excluding hydrogens is 312 g/mol. The van der Waals surface area contributed by atoms with Crippen LogP contribution in [0, 0.1) is 0 Å². The number of methoxy groups -OCH3 is 1. The minimum Gasteiger partial charge on any atom is -0.468 e. The summed E-state index contributed by atoms with van der Waals surface area (Å²) in [7, 11) is 1.39. The van der Waals surface area contributed by atoms with Gasteiger partial charge in [0.15, 0.2) is 0 Å². The molecule has 1 aliphatic rings. The Morgan fingerprint density at radius 3 is 2.61 bits per heavy atom. The Morgan fingerprint density at radius 2 is 1.91 bits per heavy atom. The molecule has 0 radical (unpaired) electrons. The standard InChI is InChI=1S/C18H17ClN2O2/c1-12-20-16-6-4-3-5-15(16)18(21(12)11-17(22)23-2)13-7-9-14(19)10-8-13/h3-10,18H,11H2,1-2H3. The molecule has 118 valence electrons. The van der Waals surface area contributed by atoms with Crippen LogP contribution in [0.5, 0.6) is 0 Å². The SMILES string of the molecule is COC(=O)CN1C(C)=Nc2ccccc2C1c1ccc(Cl)cc1. The molecule has 0 saturated carbocycles. The number of hydrogen-bond donors (Lipinski definition) is 0. The molecule has 0 bridgehead atoms. The first kappa shape index (κ1) is 15.6. The average molecular weight is 329 g/mol. The molecule has 5 heteroatoms. The molecule has 0 saturated heterocycles. The molecule has 3 rings (SSSR count). The van der Waals surface area contributed by atoms with Crippen LogP contribution in [0.25, 0.3) is 0 Å². The summed E-state index contributed by atoms with van der Waals surface area (Å²) in [5.74, 6) is 0.493. The number of hydrogen-bond acceptors (Lipinski definition) is 4. The summed E-state index contributed by atoms with van der Waals surface area (Å²) in [6.45, 7) is 2.05. The molecule has 0 amide bonds. The van der Waals surface area contributed by atoms with Crippen LogP contribution >= 0.6 is 11.6 Å². The number of benzene rings is 2. The van der Waals surface area contributed by atoms with Gasteiger partial charge in [0.25, 0.3) is 0 Å². The topological polar surface area (TPSA) is 41.9 Å². The Labute approximate surface area is 140 Å². The van der Waals surface area contributed by atoms with Crippen molar-refractivity contribution in [2.24, 2.45) is 4.99 Å². The van der Waals surface area contributed by atoms with Crippen LogP contribution in [-0.2, 0) is 9.53 Å². The number of halogens is 1. The fourth-order valence-electron chi connectivity index (χ4n) is 2.83. The number of carbonyl (C=O) groups is 1. The average Bonchev–Trinajstić information content (AvgIpc) is 2.56. The Kier molecular flexibility index (Phi) is 4.35. The van der Waals surface area contributed by atoms with Crippen molar-refractivity contribution in [2.75, 3.05) is 13.7 Å². The summed E-state index contributed by atoms with van der Waals surface area (Å²) in [6.07, 6.45) is 0. The highest BCUT2D eigenvalue weighted by molar-refractivity contribution is 6.30. The second kappa shape index (κ2) is 6.42. The lowest BCUT2D eigenvalue weighted by atomic mass is 9.94. The van der Waals surface area contributed by atoms with Crippen molar-refractivity contribution >= 4 is 29.1 Å². The third-order valence-electron chi connectivity index (χ3n) is 3.95. The number of para-hydroxylation sites is 1. The van der Waals surface area contributed by atoms with Gasteiger partial charge in [-0.05, 0) is 30.7 Å². The quantitative estimate of drug-likeness (QED) is 0.801. The van der Waals surface area contributed by atoms with E-state index in [-0.39, 0.29) is 18.6 Å². The van der Waals surface area contributed by atoms with Gasteiger partial charge in [0.05, 0.1) is 18.8 Å². The fraction of sp³-hybridized carbons (Fsp3) is 0.222. The second-order valence-corrected chi connectivity index (χ2v) is 5.81. The van der Waals surface area contributed by atoms with E-state index in [1.54, 1.807) is 0 Å². The molecule has 1 unspecified atom stereocenters. The van der Waals surface area contributed by atoms with Gasteiger partial charge in [-0.2, -0.15) is 0 Å². The Bertz CT molecular complexity index is 756. The lowest BCUT2D eigenvalue weighted by molar-refractivity contribution is -0.141. The van der Waals surface area contributed by atoms with E-state index in [2.05, 4.69) is 4.99 Å². The summed E-state index contributed by atoms with van der Waals surface area (Å²) in [5.41, 5.74) is 3.04. The van der Waals surface area contributed by atoms with Crippen LogP contribution < -0.4 is 0 Å². The molecule has 0 aliphatic carbocycles. The summed E-state index contributed by atoms with van der Waals surface area (Å²) in [5, 5.41) is 0.683. The Morgan fingerprint density at radius 1 is 1.22 bits per heavy atom. The first-order valence-corrected chi connectivity index (χ1v) is 7.71. The largest absolute Gasteiger partial charge is 0.468 e. The molecule has 0 aromatic heterocycles. The molecule has 1 heterocycles. The highest BCUT2D eigenvalue weighted by Gasteiger charge is 2.30. The monoisotopic (exact) mass is 328 g/mol. The van der Waals surface area contributed by atoms with Crippen LogP contribution in [-0.4, -0.2) is 30.4 Å². The zero-order valence-corrected chi connectivity index (χ0v) is 13.7. The second-order valence-electron chi connectivity index (χ2n) is 5.38. The van der Waals surface area contributed by atoms with E-state index in [9.17, 15) is 4.79 Å².